The van der Waals surface area contributed by atoms with Crippen LogP contribution in [-0.4, -0.2) is 44.6 Å². The van der Waals surface area contributed by atoms with E-state index in [9.17, 15) is 13.2 Å². The van der Waals surface area contributed by atoms with E-state index >= 15 is 0 Å². The van der Waals surface area contributed by atoms with Gasteiger partial charge in [-0.15, -0.1) is 0 Å². The Hall–Kier alpha value is -1.60. The largest absolute Gasteiger partial charge is 0.342 e. The zero-order chi connectivity index (χ0) is 18.3. The van der Waals surface area contributed by atoms with Gasteiger partial charge in [-0.1, -0.05) is 32.9 Å². The lowest BCUT2D eigenvalue weighted by atomic mass is 10.0. The lowest BCUT2D eigenvalue weighted by Gasteiger charge is -2.22. The van der Waals surface area contributed by atoms with Gasteiger partial charge in [0.15, 0.2) is 0 Å². The molecule has 0 aromatic heterocycles. The average Bonchev–Trinajstić information content (AvgIpc) is 2.51. The highest BCUT2D eigenvalue weighted by atomic mass is 32.2. The summed E-state index contributed by atoms with van der Waals surface area (Å²) in [5.74, 6) is 0.150. The van der Waals surface area contributed by atoms with Crippen molar-refractivity contribution in [1.29, 1.82) is 0 Å². The molecule has 0 aliphatic rings. The third kappa shape index (κ3) is 6.13. The number of rotatable bonds is 9. The smallest absolute Gasteiger partial charge is 0.255 e. The van der Waals surface area contributed by atoms with Gasteiger partial charge in [0.05, 0.1) is 17.0 Å². The first-order valence-electron chi connectivity index (χ1n) is 8.28. The normalized spacial score (nSPS) is 12.9. The summed E-state index contributed by atoms with van der Waals surface area (Å²) in [6, 6.07) is 6.69. The second kappa shape index (κ2) is 9.03. The Kier molecular flexibility index (Phi) is 7.69. The van der Waals surface area contributed by atoms with Crippen LogP contribution in [0.25, 0.3) is 0 Å². The Morgan fingerprint density at radius 1 is 1.29 bits per heavy atom. The number of para-hydroxylation sites is 1. The van der Waals surface area contributed by atoms with Crippen molar-refractivity contribution in [3.05, 3.63) is 29.8 Å². The van der Waals surface area contributed by atoms with Crippen LogP contribution in [0.4, 0.5) is 5.69 Å². The molecule has 1 amide bonds. The van der Waals surface area contributed by atoms with Crippen LogP contribution in [0.1, 0.15) is 44.0 Å². The van der Waals surface area contributed by atoms with E-state index in [2.05, 4.69) is 4.72 Å². The van der Waals surface area contributed by atoms with Crippen molar-refractivity contribution in [2.45, 2.75) is 39.7 Å². The number of sulfonamides is 1. The highest BCUT2D eigenvalue weighted by Gasteiger charge is 2.19. The Labute approximate surface area is 145 Å². The van der Waals surface area contributed by atoms with Gasteiger partial charge in [-0.3, -0.25) is 9.52 Å². The van der Waals surface area contributed by atoms with E-state index in [-0.39, 0.29) is 17.7 Å². The number of amides is 1. The van der Waals surface area contributed by atoms with Crippen molar-refractivity contribution in [3.63, 3.8) is 0 Å². The third-order valence-electron chi connectivity index (χ3n) is 3.90. The van der Waals surface area contributed by atoms with Crippen molar-refractivity contribution in [2.75, 3.05) is 24.1 Å². The lowest BCUT2D eigenvalue weighted by molar-refractivity contribution is 0.0790. The maximum atomic E-state index is 12.6. The molecule has 1 unspecified atom stereocenters. The fourth-order valence-corrected chi connectivity index (χ4v) is 3.38. The summed E-state index contributed by atoms with van der Waals surface area (Å²) in [5.41, 5.74) is 6.68. The minimum atomic E-state index is -3.44. The molecule has 7 heteroatoms. The van der Waals surface area contributed by atoms with Gasteiger partial charge in [0, 0.05) is 19.6 Å². The summed E-state index contributed by atoms with van der Waals surface area (Å²) >= 11 is 0. The number of carbonyl (C=O) groups excluding carboxylic acids is 1. The Morgan fingerprint density at radius 3 is 2.50 bits per heavy atom. The molecule has 0 saturated heterocycles. The number of nitrogens with one attached hydrogen (secondary N) is 1. The molecular weight excluding hydrogens is 326 g/mol. The second-order valence-corrected chi connectivity index (χ2v) is 8.23. The van der Waals surface area contributed by atoms with Crippen molar-refractivity contribution < 1.29 is 13.2 Å². The van der Waals surface area contributed by atoms with Crippen LogP contribution in [0.5, 0.6) is 0 Å². The lowest BCUT2D eigenvalue weighted by Crippen LogP contribution is -2.35. The molecule has 1 aromatic carbocycles. The van der Waals surface area contributed by atoms with Gasteiger partial charge >= 0.3 is 0 Å². The molecule has 0 fully saturated rings. The summed E-state index contributed by atoms with van der Waals surface area (Å²) < 4.78 is 26.5. The average molecular weight is 356 g/mol. The van der Waals surface area contributed by atoms with Crippen LogP contribution in [0.15, 0.2) is 24.3 Å². The van der Waals surface area contributed by atoms with Crippen LogP contribution in [0, 0.1) is 5.92 Å². The van der Waals surface area contributed by atoms with E-state index in [1.54, 1.807) is 43.1 Å². The zero-order valence-corrected chi connectivity index (χ0v) is 15.8. The molecule has 0 radical (unpaired) electrons. The Balaban J connectivity index is 2.87. The fraction of sp³-hybridized carbons (Fsp3) is 0.588. The Morgan fingerprint density at radius 2 is 1.92 bits per heavy atom. The van der Waals surface area contributed by atoms with Crippen molar-refractivity contribution in [2.24, 2.45) is 11.7 Å². The highest BCUT2D eigenvalue weighted by Crippen LogP contribution is 2.19. The van der Waals surface area contributed by atoms with Crippen LogP contribution in [-0.2, 0) is 10.0 Å². The van der Waals surface area contributed by atoms with Crippen LogP contribution < -0.4 is 10.5 Å². The molecule has 1 aromatic rings. The molecule has 0 spiro atoms. The van der Waals surface area contributed by atoms with Gasteiger partial charge in [0.1, 0.15) is 0 Å². The Bertz CT molecular complexity index is 644. The summed E-state index contributed by atoms with van der Waals surface area (Å²) in [6.07, 6.45) is 1.21. The van der Waals surface area contributed by atoms with Gasteiger partial charge in [-0.05, 0) is 30.9 Å². The van der Waals surface area contributed by atoms with Crippen LogP contribution >= 0.6 is 0 Å². The number of nitrogens with zero attached hydrogens (tertiary/aromatic N) is 1. The number of benzene rings is 1. The number of hydrogen-bond acceptors (Lipinski definition) is 4. The predicted octanol–water partition coefficient (Wildman–Crippen LogP) is 2.28. The van der Waals surface area contributed by atoms with Gasteiger partial charge < -0.3 is 10.6 Å². The topological polar surface area (TPSA) is 92.5 Å². The molecule has 1 atom stereocenters. The number of anilines is 1. The van der Waals surface area contributed by atoms with E-state index in [4.69, 9.17) is 5.73 Å². The molecule has 1 rings (SSSR count). The quantitative estimate of drug-likeness (QED) is 0.711. The molecule has 136 valence electrons. The summed E-state index contributed by atoms with van der Waals surface area (Å²) in [6.45, 7) is 6.41. The van der Waals surface area contributed by atoms with Crippen molar-refractivity contribution in [3.8, 4) is 0 Å². The molecule has 6 nitrogen and oxygen atoms in total. The monoisotopic (exact) mass is 355 g/mol. The zero-order valence-electron chi connectivity index (χ0n) is 15.0. The molecule has 0 saturated carbocycles. The van der Waals surface area contributed by atoms with E-state index in [1.807, 2.05) is 13.8 Å². The van der Waals surface area contributed by atoms with Crippen molar-refractivity contribution >= 4 is 21.6 Å². The van der Waals surface area contributed by atoms with Crippen LogP contribution in [0.2, 0.25) is 0 Å². The van der Waals surface area contributed by atoms with Crippen molar-refractivity contribution in [1.82, 2.24) is 4.90 Å². The fourth-order valence-electron chi connectivity index (χ4n) is 2.23. The molecule has 0 heterocycles. The first-order chi connectivity index (χ1) is 11.2. The van der Waals surface area contributed by atoms with Gasteiger partial charge in [-0.25, -0.2) is 8.42 Å². The molecule has 24 heavy (non-hydrogen) atoms. The van der Waals surface area contributed by atoms with E-state index in [0.29, 0.717) is 36.6 Å². The summed E-state index contributed by atoms with van der Waals surface area (Å²) in [5, 5.41) is 0. The standard InChI is InChI=1S/C17H29N3O3S/c1-5-12-24(22,23)19-16-9-7-6-8-14(16)17(21)20(4)11-10-15(18)13(2)3/h6-9,13,15,19H,5,10-12,18H2,1-4H3. The first kappa shape index (κ1) is 20.4. The minimum absolute atomic E-state index is 0.0224. The third-order valence-corrected chi connectivity index (χ3v) is 5.37. The van der Waals surface area contributed by atoms with Gasteiger partial charge in [-0.2, -0.15) is 0 Å². The highest BCUT2D eigenvalue weighted by molar-refractivity contribution is 7.92. The molecule has 0 bridgehead atoms. The number of nitrogens with two attached hydrogens (primary N) is 1. The number of carbonyl (C=O) groups is 1. The number of hydrogen-bond donors (Lipinski definition) is 2. The van der Waals surface area contributed by atoms with Crippen LogP contribution in [0.3, 0.4) is 0 Å². The van der Waals surface area contributed by atoms with E-state index in [1.165, 1.54) is 0 Å². The SMILES string of the molecule is CCCS(=O)(=O)Nc1ccccc1C(=O)N(C)CCC(N)C(C)C. The predicted molar refractivity (Wildman–Crippen MR) is 98.5 cm³/mol. The molecule has 3 N–H and O–H groups in total. The molecular formula is C17H29N3O3S. The molecule has 0 aliphatic heterocycles. The van der Waals surface area contributed by atoms with Gasteiger partial charge in [0.25, 0.3) is 5.91 Å². The summed E-state index contributed by atoms with van der Waals surface area (Å²) in [7, 11) is -1.74. The minimum Gasteiger partial charge on any atom is -0.342 e. The maximum Gasteiger partial charge on any atom is 0.255 e. The van der Waals surface area contributed by atoms with Gasteiger partial charge in [0.2, 0.25) is 10.0 Å². The summed E-state index contributed by atoms with van der Waals surface area (Å²) in [4.78, 5) is 14.2. The maximum absolute atomic E-state index is 12.6. The molecule has 0 aliphatic carbocycles. The first-order valence-corrected chi connectivity index (χ1v) is 9.93. The second-order valence-electron chi connectivity index (χ2n) is 6.39. The van der Waals surface area contributed by atoms with E-state index in [0.717, 1.165) is 0 Å². The van der Waals surface area contributed by atoms with E-state index < -0.39 is 10.0 Å².